The standard InChI is InChI=1S/C19H16N4O3S/c20-12-27-14-8-6-13(7-9-14)22-19(26)21-10-3-11-23-17(24)15-4-1-2-5-16(15)18(23)25/h1-2,4-9H,3,10-11H2,(H2,21,22,26). The van der Waals surface area contributed by atoms with Crippen molar-refractivity contribution in [3.05, 3.63) is 59.7 Å². The predicted octanol–water partition coefficient (Wildman–Crippen LogP) is 3.07. The summed E-state index contributed by atoms with van der Waals surface area (Å²) in [6, 6.07) is 13.3. The fourth-order valence-corrected chi connectivity index (χ4v) is 3.09. The number of anilines is 1. The Morgan fingerprint density at radius 1 is 1.04 bits per heavy atom. The second-order valence-corrected chi connectivity index (χ2v) is 6.62. The lowest BCUT2D eigenvalue weighted by Crippen LogP contribution is -2.35. The Hall–Kier alpha value is -3.31. The number of amides is 4. The molecule has 4 amide bonds. The van der Waals surface area contributed by atoms with Crippen LogP contribution in [0.4, 0.5) is 10.5 Å². The Labute approximate surface area is 160 Å². The number of rotatable bonds is 6. The molecule has 27 heavy (non-hydrogen) atoms. The van der Waals surface area contributed by atoms with Crippen LogP contribution in [0, 0.1) is 10.7 Å². The van der Waals surface area contributed by atoms with Gasteiger partial charge in [-0.2, -0.15) is 5.26 Å². The summed E-state index contributed by atoms with van der Waals surface area (Å²) in [6.45, 7) is 0.564. The molecule has 0 saturated heterocycles. The van der Waals surface area contributed by atoms with Crippen LogP contribution in [-0.2, 0) is 0 Å². The van der Waals surface area contributed by atoms with E-state index in [9.17, 15) is 14.4 Å². The largest absolute Gasteiger partial charge is 0.338 e. The quantitative estimate of drug-likeness (QED) is 0.347. The first kappa shape index (κ1) is 18.5. The van der Waals surface area contributed by atoms with E-state index in [1.165, 1.54) is 4.90 Å². The molecular formula is C19H16N4O3S. The molecular weight excluding hydrogens is 364 g/mol. The average molecular weight is 380 g/mol. The van der Waals surface area contributed by atoms with Gasteiger partial charge in [0.1, 0.15) is 5.40 Å². The van der Waals surface area contributed by atoms with Crippen LogP contribution in [-0.4, -0.2) is 35.8 Å². The second kappa shape index (κ2) is 8.38. The average Bonchev–Trinajstić information content (AvgIpc) is 2.92. The number of urea groups is 1. The molecule has 1 aliphatic heterocycles. The Balaban J connectivity index is 1.43. The van der Waals surface area contributed by atoms with Crippen molar-refractivity contribution in [1.82, 2.24) is 10.2 Å². The molecule has 2 N–H and O–H groups in total. The zero-order valence-electron chi connectivity index (χ0n) is 14.3. The summed E-state index contributed by atoms with van der Waals surface area (Å²) in [5.41, 5.74) is 1.45. The number of thiocyanates is 1. The molecule has 3 rings (SSSR count). The van der Waals surface area contributed by atoms with Gasteiger partial charge in [-0.1, -0.05) is 12.1 Å². The Bertz CT molecular complexity index is 886. The van der Waals surface area contributed by atoms with Gasteiger partial charge in [0, 0.05) is 23.7 Å². The maximum absolute atomic E-state index is 12.2. The Kier molecular flexibility index (Phi) is 5.74. The van der Waals surface area contributed by atoms with Gasteiger partial charge in [0.05, 0.1) is 11.1 Å². The first-order chi connectivity index (χ1) is 13.1. The number of hydrogen-bond donors (Lipinski definition) is 2. The molecule has 136 valence electrons. The van der Waals surface area contributed by atoms with Gasteiger partial charge >= 0.3 is 6.03 Å². The summed E-state index contributed by atoms with van der Waals surface area (Å²) in [5, 5.41) is 16.0. The van der Waals surface area contributed by atoms with Crippen molar-refractivity contribution < 1.29 is 14.4 Å². The van der Waals surface area contributed by atoms with Crippen molar-refractivity contribution in [1.29, 1.82) is 5.26 Å². The van der Waals surface area contributed by atoms with Gasteiger partial charge in [-0.3, -0.25) is 14.5 Å². The zero-order chi connectivity index (χ0) is 19.2. The molecule has 0 saturated carbocycles. The minimum absolute atomic E-state index is 0.243. The van der Waals surface area contributed by atoms with Gasteiger partial charge < -0.3 is 10.6 Å². The Morgan fingerprint density at radius 3 is 2.26 bits per heavy atom. The molecule has 0 bridgehead atoms. The number of nitriles is 1. The van der Waals surface area contributed by atoms with Crippen molar-refractivity contribution in [3.8, 4) is 5.40 Å². The second-order valence-electron chi connectivity index (χ2n) is 5.76. The molecule has 1 aliphatic rings. The number of hydrogen-bond acceptors (Lipinski definition) is 5. The van der Waals surface area contributed by atoms with Crippen molar-refractivity contribution in [2.75, 3.05) is 18.4 Å². The highest BCUT2D eigenvalue weighted by Gasteiger charge is 2.34. The number of benzene rings is 2. The van der Waals surface area contributed by atoms with Crippen LogP contribution in [0.15, 0.2) is 53.4 Å². The van der Waals surface area contributed by atoms with Crippen molar-refractivity contribution in [3.63, 3.8) is 0 Å². The monoisotopic (exact) mass is 380 g/mol. The molecule has 0 unspecified atom stereocenters. The molecule has 7 nitrogen and oxygen atoms in total. The van der Waals surface area contributed by atoms with E-state index in [0.29, 0.717) is 29.8 Å². The van der Waals surface area contributed by atoms with E-state index in [0.717, 1.165) is 16.7 Å². The lowest BCUT2D eigenvalue weighted by molar-refractivity contribution is 0.0653. The summed E-state index contributed by atoms with van der Waals surface area (Å²) in [4.78, 5) is 38.4. The van der Waals surface area contributed by atoms with E-state index in [1.807, 2.05) is 5.40 Å². The maximum atomic E-state index is 12.2. The highest BCUT2D eigenvalue weighted by atomic mass is 32.2. The lowest BCUT2D eigenvalue weighted by atomic mass is 10.1. The fourth-order valence-electron chi connectivity index (χ4n) is 2.72. The predicted molar refractivity (Wildman–Crippen MR) is 101 cm³/mol. The van der Waals surface area contributed by atoms with Crippen LogP contribution in [0.25, 0.3) is 0 Å². The molecule has 0 fully saturated rings. The number of nitrogens with one attached hydrogen (secondary N) is 2. The van der Waals surface area contributed by atoms with Gasteiger partial charge in [0.2, 0.25) is 0 Å². The molecule has 1 heterocycles. The van der Waals surface area contributed by atoms with E-state index in [2.05, 4.69) is 10.6 Å². The maximum Gasteiger partial charge on any atom is 0.319 e. The van der Waals surface area contributed by atoms with Crippen LogP contribution in [0.1, 0.15) is 27.1 Å². The fraction of sp³-hybridized carbons (Fsp3) is 0.158. The number of fused-ring (bicyclic) bond motifs is 1. The minimum Gasteiger partial charge on any atom is -0.338 e. The van der Waals surface area contributed by atoms with Gasteiger partial charge in [-0.25, -0.2) is 4.79 Å². The van der Waals surface area contributed by atoms with Crippen molar-refractivity contribution in [2.24, 2.45) is 0 Å². The zero-order valence-corrected chi connectivity index (χ0v) is 15.1. The highest BCUT2D eigenvalue weighted by Crippen LogP contribution is 2.22. The number of thioether (sulfide) groups is 1. The van der Waals surface area contributed by atoms with E-state index >= 15 is 0 Å². The van der Waals surface area contributed by atoms with Crippen molar-refractivity contribution in [2.45, 2.75) is 11.3 Å². The number of carbonyl (C=O) groups excluding carboxylic acids is 3. The Morgan fingerprint density at radius 2 is 1.67 bits per heavy atom. The summed E-state index contributed by atoms with van der Waals surface area (Å²) in [5.74, 6) is -0.592. The van der Waals surface area contributed by atoms with Gasteiger partial charge in [0.25, 0.3) is 11.8 Å². The first-order valence-corrected chi connectivity index (χ1v) is 9.08. The molecule has 0 aromatic heterocycles. The smallest absolute Gasteiger partial charge is 0.319 e. The van der Waals surface area contributed by atoms with E-state index < -0.39 is 0 Å². The van der Waals surface area contributed by atoms with E-state index in [4.69, 9.17) is 5.26 Å². The molecule has 0 radical (unpaired) electrons. The molecule has 8 heteroatoms. The molecule has 0 aliphatic carbocycles. The third-order valence-corrected chi connectivity index (χ3v) is 4.60. The summed E-state index contributed by atoms with van der Waals surface area (Å²) in [7, 11) is 0. The number of nitrogens with zero attached hydrogens (tertiary/aromatic N) is 2. The first-order valence-electron chi connectivity index (χ1n) is 8.26. The minimum atomic E-state index is -0.377. The molecule has 2 aromatic rings. The highest BCUT2D eigenvalue weighted by molar-refractivity contribution is 8.03. The molecule has 0 spiro atoms. The summed E-state index contributed by atoms with van der Waals surface area (Å²) in [6.07, 6.45) is 0.455. The van der Waals surface area contributed by atoms with Crippen LogP contribution in [0.2, 0.25) is 0 Å². The van der Waals surface area contributed by atoms with Gasteiger partial charge in [-0.05, 0) is 54.6 Å². The molecule has 0 atom stereocenters. The number of imide groups is 1. The normalized spacial score (nSPS) is 12.5. The van der Waals surface area contributed by atoms with Crippen LogP contribution < -0.4 is 10.6 Å². The summed E-state index contributed by atoms with van der Waals surface area (Å²) < 4.78 is 0. The lowest BCUT2D eigenvalue weighted by Gasteiger charge is -2.14. The van der Waals surface area contributed by atoms with Crippen LogP contribution >= 0.6 is 11.8 Å². The van der Waals surface area contributed by atoms with Crippen molar-refractivity contribution >= 4 is 35.3 Å². The number of carbonyl (C=O) groups is 3. The third kappa shape index (κ3) is 4.27. The third-order valence-electron chi connectivity index (χ3n) is 4.00. The topological polar surface area (TPSA) is 102 Å². The van der Waals surface area contributed by atoms with E-state index in [1.54, 1.807) is 48.5 Å². The van der Waals surface area contributed by atoms with Gasteiger partial charge in [0.15, 0.2) is 0 Å². The van der Waals surface area contributed by atoms with Crippen LogP contribution in [0.5, 0.6) is 0 Å². The van der Waals surface area contributed by atoms with Crippen LogP contribution in [0.3, 0.4) is 0 Å². The van der Waals surface area contributed by atoms with Gasteiger partial charge in [-0.15, -0.1) is 0 Å². The molecule has 2 aromatic carbocycles. The SMILES string of the molecule is N#CSc1ccc(NC(=O)NCCCN2C(=O)c3ccccc3C2=O)cc1. The summed E-state index contributed by atoms with van der Waals surface area (Å²) >= 11 is 1.05. The van der Waals surface area contributed by atoms with E-state index in [-0.39, 0.29) is 24.4 Å².